The van der Waals surface area contributed by atoms with Crippen molar-refractivity contribution in [3.63, 3.8) is 0 Å². The van der Waals surface area contributed by atoms with E-state index in [1.807, 2.05) is 23.9 Å². The van der Waals surface area contributed by atoms with E-state index in [0.717, 1.165) is 24.3 Å². The molecule has 0 aromatic heterocycles. The number of methoxy groups -OCH3 is 1. The van der Waals surface area contributed by atoms with Crippen molar-refractivity contribution >= 4 is 11.8 Å². The molecule has 1 saturated carbocycles. The molecule has 112 valence electrons. The summed E-state index contributed by atoms with van der Waals surface area (Å²) in [5.74, 6) is 1.98. The lowest BCUT2D eigenvalue weighted by molar-refractivity contribution is 0.163. The summed E-state index contributed by atoms with van der Waals surface area (Å²) in [6.07, 6.45) is 4.64. The van der Waals surface area contributed by atoms with E-state index in [1.54, 1.807) is 7.11 Å². The van der Waals surface area contributed by atoms with E-state index in [4.69, 9.17) is 4.74 Å². The summed E-state index contributed by atoms with van der Waals surface area (Å²) in [5.41, 5.74) is -0.109. The first kappa shape index (κ1) is 15.7. The van der Waals surface area contributed by atoms with Crippen LogP contribution in [0.4, 0.5) is 0 Å². The Hall–Kier alpha value is -0.710. The van der Waals surface area contributed by atoms with Gasteiger partial charge in [0.15, 0.2) is 0 Å². The van der Waals surface area contributed by atoms with Crippen LogP contribution in [0.3, 0.4) is 0 Å². The van der Waals surface area contributed by atoms with E-state index in [0.29, 0.717) is 6.04 Å². The van der Waals surface area contributed by atoms with Gasteiger partial charge < -0.3 is 15.2 Å². The van der Waals surface area contributed by atoms with Crippen LogP contribution in [-0.2, 0) is 0 Å². The van der Waals surface area contributed by atoms with Crippen molar-refractivity contribution in [2.24, 2.45) is 0 Å². The molecular weight excluding hydrogens is 270 g/mol. The zero-order chi connectivity index (χ0) is 14.4. The molecule has 0 bridgehead atoms. The third-order valence-corrected chi connectivity index (χ3v) is 4.78. The first-order chi connectivity index (χ1) is 9.65. The van der Waals surface area contributed by atoms with Crippen LogP contribution >= 0.6 is 11.8 Å². The van der Waals surface area contributed by atoms with Gasteiger partial charge in [-0.2, -0.15) is 0 Å². The second-order valence-electron chi connectivity index (χ2n) is 5.76. The van der Waals surface area contributed by atoms with Crippen molar-refractivity contribution in [3.8, 4) is 5.75 Å². The van der Waals surface area contributed by atoms with Crippen LogP contribution in [0.2, 0.25) is 0 Å². The lowest BCUT2D eigenvalue weighted by Gasteiger charge is -2.29. The quantitative estimate of drug-likeness (QED) is 0.543. The standard InChI is InChI=1S/C16H25NO2S/c1-16(12-18,17-13-4-5-13)10-3-11-20-15-8-6-14(19-2)7-9-15/h6-9,13,17-18H,3-5,10-12H2,1-2H3. The highest BCUT2D eigenvalue weighted by atomic mass is 32.2. The molecule has 20 heavy (non-hydrogen) atoms. The van der Waals surface area contributed by atoms with Crippen LogP contribution in [0.15, 0.2) is 29.2 Å². The maximum Gasteiger partial charge on any atom is 0.118 e. The number of aliphatic hydroxyl groups excluding tert-OH is 1. The molecule has 1 aliphatic carbocycles. The van der Waals surface area contributed by atoms with Gasteiger partial charge in [0, 0.05) is 16.5 Å². The highest BCUT2D eigenvalue weighted by Crippen LogP contribution is 2.26. The van der Waals surface area contributed by atoms with E-state index in [-0.39, 0.29) is 12.1 Å². The number of thioether (sulfide) groups is 1. The lowest BCUT2D eigenvalue weighted by Crippen LogP contribution is -2.46. The van der Waals surface area contributed by atoms with Gasteiger partial charge in [-0.25, -0.2) is 0 Å². The molecule has 0 radical (unpaired) electrons. The number of rotatable bonds is 9. The van der Waals surface area contributed by atoms with Crippen molar-refractivity contribution in [2.45, 2.75) is 49.1 Å². The van der Waals surface area contributed by atoms with Gasteiger partial charge in [0.2, 0.25) is 0 Å². The molecule has 2 rings (SSSR count). The Labute approximate surface area is 126 Å². The molecule has 0 saturated heterocycles. The maximum atomic E-state index is 9.55. The highest BCUT2D eigenvalue weighted by molar-refractivity contribution is 7.99. The largest absolute Gasteiger partial charge is 0.497 e. The molecule has 1 unspecified atom stereocenters. The van der Waals surface area contributed by atoms with Crippen LogP contribution in [0.5, 0.6) is 5.75 Å². The summed E-state index contributed by atoms with van der Waals surface area (Å²) in [6, 6.07) is 8.82. The van der Waals surface area contributed by atoms with Gasteiger partial charge in [-0.1, -0.05) is 0 Å². The molecule has 0 aliphatic heterocycles. The monoisotopic (exact) mass is 295 g/mol. The van der Waals surface area contributed by atoms with E-state index in [2.05, 4.69) is 24.4 Å². The van der Waals surface area contributed by atoms with Crippen LogP contribution in [0.1, 0.15) is 32.6 Å². The van der Waals surface area contributed by atoms with Crippen molar-refractivity contribution in [1.82, 2.24) is 5.32 Å². The predicted molar refractivity (Wildman–Crippen MR) is 84.6 cm³/mol. The summed E-state index contributed by atoms with van der Waals surface area (Å²) in [4.78, 5) is 1.27. The fraction of sp³-hybridized carbons (Fsp3) is 0.625. The predicted octanol–water partition coefficient (Wildman–Crippen LogP) is 3.07. The molecule has 4 heteroatoms. The fourth-order valence-corrected chi connectivity index (χ4v) is 3.09. The van der Waals surface area contributed by atoms with Crippen LogP contribution in [0.25, 0.3) is 0 Å². The number of nitrogens with one attached hydrogen (secondary N) is 1. The minimum absolute atomic E-state index is 0.109. The van der Waals surface area contributed by atoms with E-state index in [9.17, 15) is 5.11 Å². The number of benzene rings is 1. The molecule has 1 aromatic rings. The summed E-state index contributed by atoms with van der Waals surface area (Å²) in [7, 11) is 1.69. The van der Waals surface area contributed by atoms with Gasteiger partial charge >= 0.3 is 0 Å². The van der Waals surface area contributed by atoms with Crippen molar-refractivity contribution < 1.29 is 9.84 Å². The molecule has 0 amide bonds. The molecule has 2 N–H and O–H groups in total. The first-order valence-corrected chi connectivity index (χ1v) is 8.29. The summed E-state index contributed by atoms with van der Waals surface area (Å²) >= 11 is 1.86. The molecule has 3 nitrogen and oxygen atoms in total. The molecular formula is C16H25NO2S. The second kappa shape index (κ2) is 7.34. The Morgan fingerprint density at radius 2 is 2.05 bits per heavy atom. The number of aliphatic hydroxyl groups is 1. The Bertz CT molecular complexity index is 405. The smallest absolute Gasteiger partial charge is 0.118 e. The normalized spacial score (nSPS) is 17.8. The van der Waals surface area contributed by atoms with Crippen LogP contribution in [0, 0.1) is 0 Å². The number of hydrogen-bond donors (Lipinski definition) is 2. The molecule has 1 aliphatic rings. The zero-order valence-electron chi connectivity index (χ0n) is 12.4. The average Bonchev–Trinajstić information content (AvgIpc) is 3.28. The van der Waals surface area contributed by atoms with Crippen molar-refractivity contribution in [1.29, 1.82) is 0 Å². The molecule has 1 aromatic carbocycles. The van der Waals surface area contributed by atoms with E-state index >= 15 is 0 Å². The third kappa shape index (κ3) is 5.00. The summed E-state index contributed by atoms with van der Waals surface area (Å²) in [5, 5.41) is 13.1. The minimum atomic E-state index is -0.109. The van der Waals surface area contributed by atoms with Gasteiger partial charge in [-0.15, -0.1) is 11.8 Å². The van der Waals surface area contributed by atoms with Gasteiger partial charge in [0.05, 0.1) is 13.7 Å². The lowest BCUT2D eigenvalue weighted by atomic mass is 9.97. The summed E-state index contributed by atoms with van der Waals surface area (Å²) < 4.78 is 5.15. The third-order valence-electron chi connectivity index (χ3n) is 3.68. The second-order valence-corrected chi connectivity index (χ2v) is 6.93. The van der Waals surface area contributed by atoms with Crippen LogP contribution < -0.4 is 10.1 Å². The molecule has 0 spiro atoms. The highest BCUT2D eigenvalue weighted by Gasteiger charge is 2.31. The van der Waals surface area contributed by atoms with Crippen LogP contribution in [-0.4, -0.2) is 36.2 Å². The maximum absolute atomic E-state index is 9.55. The van der Waals surface area contributed by atoms with Gasteiger partial charge in [-0.05, 0) is 62.6 Å². The average molecular weight is 295 g/mol. The van der Waals surface area contributed by atoms with E-state index < -0.39 is 0 Å². The number of ether oxygens (including phenoxy) is 1. The topological polar surface area (TPSA) is 41.5 Å². The number of hydrogen-bond acceptors (Lipinski definition) is 4. The zero-order valence-corrected chi connectivity index (χ0v) is 13.2. The van der Waals surface area contributed by atoms with Gasteiger partial charge in [0.1, 0.15) is 5.75 Å². The molecule has 1 atom stereocenters. The van der Waals surface area contributed by atoms with Gasteiger partial charge in [-0.3, -0.25) is 0 Å². The SMILES string of the molecule is COc1ccc(SCCCC(C)(CO)NC2CC2)cc1. The Morgan fingerprint density at radius 3 is 2.60 bits per heavy atom. The van der Waals surface area contributed by atoms with E-state index in [1.165, 1.54) is 17.7 Å². The van der Waals surface area contributed by atoms with Crippen molar-refractivity contribution in [2.75, 3.05) is 19.5 Å². The first-order valence-electron chi connectivity index (χ1n) is 7.31. The Kier molecular flexibility index (Phi) is 5.75. The fourth-order valence-electron chi connectivity index (χ4n) is 2.24. The summed E-state index contributed by atoms with van der Waals surface area (Å²) in [6.45, 7) is 2.35. The Morgan fingerprint density at radius 1 is 1.35 bits per heavy atom. The minimum Gasteiger partial charge on any atom is -0.497 e. The van der Waals surface area contributed by atoms with Gasteiger partial charge in [0.25, 0.3) is 0 Å². The van der Waals surface area contributed by atoms with Crippen molar-refractivity contribution in [3.05, 3.63) is 24.3 Å². The molecule has 1 fully saturated rings. The molecule has 0 heterocycles. The Balaban J connectivity index is 1.68.